The van der Waals surface area contributed by atoms with E-state index in [-0.39, 0.29) is 11.7 Å². The normalized spacial score (nSPS) is 25.9. The van der Waals surface area contributed by atoms with Crippen LogP contribution in [0.1, 0.15) is 58.8 Å². The minimum Gasteiger partial charge on any atom is -0.300 e. The Hall–Kier alpha value is -0.660. The molecule has 0 heterocycles. The second kappa shape index (κ2) is 6.04. The molecule has 0 aliphatic heterocycles. The standard InChI is InChI=1S/C13H22O2/c1-3-4-5-6-12-11(9-10(2)14)7-8-13(12)15/h11-12H,3-9H2,1-2H3/t11-,12-/m0/s1. The Morgan fingerprint density at radius 3 is 2.73 bits per heavy atom. The molecule has 0 spiro atoms. The van der Waals surface area contributed by atoms with E-state index < -0.39 is 0 Å². The van der Waals surface area contributed by atoms with Gasteiger partial charge in [-0.05, 0) is 25.7 Å². The first-order valence-electron chi connectivity index (χ1n) is 6.17. The zero-order valence-corrected chi connectivity index (χ0v) is 9.92. The molecule has 0 amide bonds. The molecule has 2 atom stereocenters. The summed E-state index contributed by atoms with van der Waals surface area (Å²) in [6.45, 7) is 3.80. The van der Waals surface area contributed by atoms with E-state index in [0.29, 0.717) is 24.5 Å². The van der Waals surface area contributed by atoms with Crippen LogP contribution >= 0.6 is 0 Å². The molecule has 0 aromatic carbocycles. The quantitative estimate of drug-likeness (QED) is 0.631. The number of unbranched alkanes of at least 4 members (excludes halogenated alkanes) is 2. The van der Waals surface area contributed by atoms with Crippen LogP contribution in [-0.4, -0.2) is 11.6 Å². The van der Waals surface area contributed by atoms with Crippen molar-refractivity contribution >= 4 is 11.6 Å². The van der Waals surface area contributed by atoms with Crippen molar-refractivity contribution in [2.75, 3.05) is 0 Å². The van der Waals surface area contributed by atoms with E-state index in [2.05, 4.69) is 6.92 Å². The molecule has 0 bridgehead atoms. The van der Waals surface area contributed by atoms with Gasteiger partial charge in [0.1, 0.15) is 11.6 Å². The van der Waals surface area contributed by atoms with Crippen LogP contribution in [0.15, 0.2) is 0 Å². The maximum Gasteiger partial charge on any atom is 0.136 e. The van der Waals surface area contributed by atoms with Crippen molar-refractivity contribution in [1.82, 2.24) is 0 Å². The molecule has 86 valence electrons. The van der Waals surface area contributed by atoms with E-state index in [1.807, 2.05) is 0 Å². The molecule has 0 aromatic heterocycles. The molecule has 0 saturated heterocycles. The second-order valence-corrected chi connectivity index (χ2v) is 4.77. The van der Waals surface area contributed by atoms with Gasteiger partial charge in [0.15, 0.2) is 0 Å². The largest absolute Gasteiger partial charge is 0.300 e. The Labute approximate surface area is 92.4 Å². The first-order chi connectivity index (χ1) is 7.15. The summed E-state index contributed by atoms with van der Waals surface area (Å²) in [5, 5.41) is 0. The number of Topliss-reactive ketones (excluding diaryl/α,β-unsaturated/α-hetero) is 2. The van der Waals surface area contributed by atoms with E-state index in [9.17, 15) is 9.59 Å². The molecular formula is C13H22O2. The highest BCUT2D eigenvalue weighted by Gasteiger charge is 2.34. The topological polar surface area (TPSA) is 34.1 Å². The summed E-state index contributed by atoms with van der Waals surface area (Å²) in [7, 11) is 0. The van der Waals surface area contributed by atoms with Crippen LogP contribution in [0.5, 0.6) is 0 Å². The van der Waals surface area contributed by atoms with E-state index in [1.54, 1.807) is 6.92 Å². The Kier molecular flexibility index (Phi) is 5.00. The highest BCUT2D eigenvalue weighted by atomic mass is 16.1. The molecule has 1 rings (SSSR count). The lowest BCUT2D eigenvalue weighted by molar-refractivity contribution is -0.122. The molecule has 0 N–H and O–H groups in total. The van der Waals surface area contributed by atoms with Crippen molar-refractivity contribution in [3.8, 4) is 0 Å². The van der Waals surface area contributed by atoms with Gasteiger partial charge in [0.25, 0.3) is 0 Å². The van der Waals surface area contributed by atoms with Gasteiger partial charge in [0.05, 0.1) is 0 Å². The van der Waals surface area contributed by atoms with Gasteiger partial charge >= 0.3 is 0 Å². The van der Waals surface area contributed by atoms with Crippen LogP contribution < -0.4 is 0 Å². The highest BCUT2D eigenvalue weighted by Crippen LogP contribution is 2.35. The maximum atomic E-state index is 11.6. The Morgan fingerprint density at radius 1 is 1.40 bits per heavy atom. The third-order valence-corrected chi connectivity index (χ3v) is 3.41. The van der Waals surface area contributed by atoms with Gasteiger partial charge in [0.2, 0.25) is 0 Å². The van der Waals surface area contributed by atoms with Crippen molar-refractivity contribution < 1.29 is 9.59 Å². The Bertz CT molecular complexity index is 233. The lowest BCUT2D eigenvalue weighted by atomic mass is 9.87. The summed E-state index contributed by atoms with van der Waals surface area (Å²) in [5.74, 6) is 1.18. The molecule has 0 unspecified atom stereocenters. The minimum absolute atomic E-state index is 0.195. The van der Waals surface area contributed by atoms with Crippen molar-refractivity contribution in [2.45, 2.75) is 58.8 Å². The third kappa shape index (κ3) is 3.77. The van der Waals surface area contributed by atoms with Crippen molar-refractivity contribution in [3.05, 3.63) is 0 Å². The molecule has 1 aliphatic rings. The lowest BCUT2D eigenvalue weighted by Crippen LogP contribution is -2.17. The molecule has 0 radical (unpaired) electrons. The van der Waals surface area contributed by atoms with Crippen LogP contribution in [0.3, 0.4) is 0 Å². The third-order valence-electron chi connectivity index (χ3n) is 3.41. The van der Waals surface area contributed by atoms with Gasteiger partial charge in [-0.3, -0.25) is 4.79 Å². The minimum atomic E-state index is 0.195. The van der Waals surface area contributed by atoms with Gasteiger partial charge in [-0.1, -0.05) is 26.2 Å². The summed E-state index contributed by atoms with van der Waals surface area (Å²) in [4.78, 5) is 22.7. The summed E-state index contributed by atoms with van der Waals surface area (Å²) in [6, 6.07) is 0. The molecule has 1 fully saturated rings. The predicted octanol–water partition coefficient (Wildman–Crippen LogP) is 3.14. The second-order valence-electron chi connectivity index (χ2n) is 4.77. The zero-order valence-electron chi connectivity index (χ0n) is 9.92. The monoisotopic (exact) mass is 210 g/mol. The fourth-order valence-corrected chi connectivity index (χ4v) is 2.60. The van der Waals surface area contributed by atoms with E-state index in [4.69, 9.17) is 0 Å². The smallest absolute Gasteiger partial charge is 0.136 e. The fourth-order valence-electron chi connectivity index (χ4n) is 2.60. The van der Waals surface area contributed by atoms with Gasteiger partial charge < -0.3 is 4.79 Å². The SMILES string of the molecule is CCCCC[C@@H]1C(=O)CC[C@H]1CC(C)=O. The summed E-state index contributed by atoms with van der Waals surface area (Å²) in [5.41, 5.74) is 0. The number of carbonyl (C=O) groups excluding carboxylic acids is 2. The molecule has 15 heavy (non-hydrogen) atoms. The number of ketones is 2. The molecule has 2 nitrogen and oxygen atoms in total. The Balaban J connectivity index is 2.41. The number of rotatable bonds is 6. The fraction of sp³-hybridized carbons (Fsp3) is 0.846. The van der Waals surface area contributed by atoms with Gasteiger partial charge in [-0.25, -0.2) is 0 Å². The average Bonchev–Trinajstić information content (AvgIpc) is 2.49. The number of hydrogen-bond acceptors (Lipinski definition) is 2. The zero-order chi connectivity index (χ0) is 11.3. The van der Waals surface area contributed by atoms with Gasteiger partial charge in [-0.15, -0.1) is 0 Å². The van der Waals surface area contributed by atoms with Crippen LogP contribution in [-0.2, 0) is 9.59 Å². The Morgan fingerprint density at radius 2 is 2.13 bits per heavy atom. The predicted molar refractivity (Wildman–Crippen MR) is 60.7 cm³/mol. The molecule has 0 aromatic rings. The van der Waals surface area contributed by atoms with Gasteiger partial charge in [-0.2, -0.15) is 0 Å². The highest BCUT2D eigenvalue weighted by molar-refractivity contribution is 5.85. The summed E-state index contributed by atoms with van der Waals surface area (Å²) < 4.78 is 0. The number of carbonyl (C=O) groups is 2. The van der Waals surface area contributed by atoms with Crippen LogP contribution in [0.4, 0.5) is 0 Å². The van der Waals surface area contributed by atoms with Crippen LogP contribution in [0.2, 0.25) is 0 Å². The van der Waals surface area contributed by atoms with Crippen LogP contribution in [0, 0.1) is 11.8 Å². The lowest BCUT2D eigenvalue weighted by Gasteiger charge is -2.16. The average molecular weight is 210 g/mol. The van der Waals surface area contributed by atoms with Crippen LogP contribution in [0.25, 0.3) is 0 Å². The molecule has 1 aliphatic carbocycles. The van der Waals surface area contributed by atoms with Crippen molar-refractivity contribution in [1.29, 1.82) is 0 Å². The molecular weight excluding hydrogens is 188 g/mol. The van der Waals surface area contributed by atoms with Gasteiger partial charge in [0, 0.05) is 18.8 Å². The van der Waals surface area contributed by atoms with E-state index >= 15 is 0 Å². The summed E-state index contributed by atoms with van der Waals surface area (Å²) in [6.07, 6.45) is 6.80. The van der Waals surface area contributed by atoms with E-state index in [1.165, 1.54) is 12.8 Å². The first-order valence-corrected chi connectivity index (χ1v) is 6.17. The first kappa shape index (κ1) is 12.4. The maximum absolute atomic E-state index is 11.6. The van der Waals surface area contributed by atoms with Crippen molar-refractivity contribution in [2.24, 2.45) is 11.8 Å². The summed E-state index contributed by atoms with van der Waals surface area (Å²) >= 11 is 0. The molecule has 2 heteroatoms. The number of hydrogen-bond donors (Lipinski definition) is 0. The molecule has 1 saturated carbocycles. The van der Waals surface area contributed by atoms with E-state index in [0.717, 1.165) is 19.3 Å². The van der Waals surface area contributed by atoms with Crippen molar-refractivity contribution in [3.63, 3.8) is 0 Å².